The van der Waals surface area contributed by atoms with Gasteiger partial charge in [0.2, 0.25) is 0 Å². The predicted octanol–water partition coefficient (Wildman–Crippen LogP) is 1.15. The first-order valence-electron chi connectivity index (χ1n) is 4.82. The first-order chi connectivity index (χ1) is 8.36. The molecule has 0 fully saturated rings. The number of carbonyl (C=O) groups excluding carboxylic acids is 1. The lowest BCUT2D eigenvalue weighted by atomic mass is 10.3. The summed E-state index contributed by atoms with van der Waals surface area (Å²) in [7, 11) is 1.58. The van der Waals surface area contributed by atoms with Gasteiger partial charge in [-0.25, -0.2) is 8.78 Å². The molecule has 0 aromatic carbocycles. The average molecular weight is 266 g/mol. The SMILES string of the molecule is CNc1ccc(C(=O)NCC(F)(F)C(F)F)nn1. The number of rotatable bonds is 5. The first-order valence-corrected chi connectivity index (χ1v) is 4.82. The quantitative estimate of drug-likeness (QED) is 0.784. The number of alkyl halides is 4. The summed E-state index contributed by atoms with van der Waals surface area (Å²) < 4.78 is 48.7. The number of nitrogens with one attached hydrogen (secondary N) is 2. The zero-order chi connectivity index (χ0) is 13.8. The summed E-state index contributed by atoms with van der Waals surface area (Å²) in [5, 5.41) is 11.3. The molecule has 0 aliphatic carbocycles. The summed E-state index contributed by atoms with van der Waals surface area (Å²) >= 11 is 0. The van der Waals surface area contributed by atoms with E-state index in [0.717, 1.165) is 0 Å². The number of hydrogen-bond acceptors (Lipinski definition) is 4. The molecule has 1 heterocycles. The maximum Gasteiger partial charge on any atom is 0.324 e. The van der Waals surface area contributed by atoms with Gasteiger partial charge in [0.15, 0.2) is 5.69 Å². The second-order valence-corrected chi connectivity index (χ2v) is 3.30. The van der Waals surface area contributed by atoms with Gasteiger partial charge in [-0.2, -0.15) is 8.78 Å². The normalized spacial score (nSPS) is 11.4. The van der Waals surface area contributed by atoms with Crippen molar-refractivity contribution in [2.24, 2.45) is 0 Å². The summed E-state index contributed by atoms with van der Waals surface area (Å²) in [4.78, 5) is 11.3. The van der Waals surface area contributed by atoms with Gasteiger partial charge in [0.1, 0.15) is 5.82 Å². The van der Waals surface area contributed by atoms with Crippen LogP contribution >= 0.6 is 0 Å². The van der Waals surface area contributed by atoms with Gasteiger partial charge >= 0.3 is 12.3 Å². The van der Waals surface area contributed by atoms with Gasteiger partial charge in [-0.1, -0.05) is 0 Å². The summed E-state index contributed by atoms with van der Waals surface area (Å²) in [5.74, 6) is -4.89. The Labute approximate surface area is 99.6 Å². The van der Waals surface area contributed by atoms with Crippen molar-refractivity contribution in [3.63, 3.8) is 0 Å². The van der Waals surface area contributed by atoms with E-state index in [1.807, 2.05) is 0 Å². The number of hydrogen-bond donors (Lipinski definition) is 2. The minimum Gasteiger partial charge on any atom is -0.372 e. The minimum atomic E-state index is -4.27. The molecular weight excluding hydrogens is 256 g/mol. The maximum absolute atomic E-state index is 12.5. The minimum absolute atomic E-state index is 0.237. The maximum atomic E-state index is 12.5. The third-order valence-electron chi connectivity index (χ3n) is 1.96. The van der Waals surface area contributed by atoms with Crippen molar-refractivity contribution in [1.82, 2.24) is 15.5 Å². The topological polar surface area (TPSA) is 66.9 Å². The van der Waals surface area contributed by atoms with Gasteiger partial charge in [0.25, 0.3) is 5.91 Å². The first kappa shape index (κ1) is 14.1. The van der Waals surface area contributed by atoms with Crippen LogP contribution in [0.3, 0.4) is 0 Å². The van der Waals surface area contributed by atoms with E-state index in [1.54, 1.807) is 12.4 Å². The largest absolute Gasteiger partial charge is 0.372 e. The lowest BCUT2D eigenvalue weighted by Gasteiger charge is -2.15. The van der Waals surface area contributed by atoms with Crippen LogP contribution in [-0.4, -0.2) is 42.0 Å². The molecule has 1 aromatic rings. The molecule has 1 aromatic heterocycles. The van der Waals surface area contributed by atoms with Gasteiger partial charge in [0.05, 0.1) is 6.54 Å². The van der Waals surface area contributed by atoms with E-state index in [9.17, 15) is 22.4 Å². The Hall–Kier alpha value is -1.93. The standard InChI is InChI=1S/C9H10F4N4O/c1-14-6-3-2-5(16-17-6)7(18)15-4-9(12,13)8(10)11/h2-3,8H,4H2,1H3,(H,14,17)(H,15,18). The van der Waals surface area contributed by atoms with Crippen molar-refractivity contribution in [3.05, 3.63) is 17.8 Å². The van der Waals surface area contributed by atoms with Gasteiger partial charge in [-0.15, -0.1) is 10.2 Å². The Morgan fingerprint density at radius 1 is 1.39 bits per heavy atom. The molecule has 0 spiro atoms. The van der Waals surface area contributed by atoms with Gasteiger partial charge in [-0.3, -0.25) is 4.79 Å². The second kappa shape index (κ2) is 5.61. The third kappa shape index (κ3) is 3.54. The molecule has 1 rings (SSSR count). The van der Waals surface area contributed by atoms with Crippen LogP contribution in [0.15, 0.2) is 12.1 Å². The molecule has 0 atom stereocenters. The van der Waals surface area contributed by atoms with Crippen LogP contribution in [0.2, 0.25) is 0 Å². The molecule has 0 radical (unpaired) electrons. The smallest absolute Gasteiger partial charge is 0.324 e. The number of amides is 1. The Kier molecular flexibility index (Phi) is 4.40. The molecule has 0 unspecified atom stereocenters. The molecule has 0 aliphatic heterocycles. The average Bonchev–Trinajstić information content (AvgIpc) is 2.36. The summed E-state index contributed by atoms with van der Waals surface area (Å²) in [6, 6.07) is 2.63. The molecular formula is C9H10F4N4O. The number of nitrogens with zero attached hydrogens (tertiary/aromatic N) is 2. The van der Waals surface area contributed by atoms with E-state index in [1.165, 1.54) is 12.1 Å². The van der Waals surface area contributed by atoms with E-state index >= 15 is 0 Å². The van der Waals surface area contributed by atoms with Crippen molar-refractivity contribution < 1.29 is 22.4 Å². The fraction of sp³-hybridized carbons (Fsp3) is 0.444. The Balaban J connectivity index is 2.60. The molecule has 1 amide bonds. The Morgan fingerprint density at radius 2 is 2.06 bits per heavy atom. The number of carbonyl (C=O) groups is 1. The third-order valence-corrected chi connectivity index (χ3v) is 1.96. The van der Waals surface area contributed by atoms with Crippen LogP contribution in [0, 0.1) is 0 Å². The molecule has 0 saturated heterocycles. The van der Waals surface area contributed by atoms with Crippen LogP contribution < -0.4 is 10.6 Å². The van der Waals surface area contributed by atoms with Crippen LogP contribution in [0.1, 0.15) is 10.5 Å². The molecule has 0 aliphatic rings. The number of anilines is 1. The molecule has 18 heavy (non-hydrogen) atoms. The predicted molar refractivity (Wildman–Crippen MR) is 54.9 cm³/mol. The zero-order valence-corrected chi connectivity index (χ0v) is 9.25. The number of halogens is 4. The van der Waals surface area contributed by atoms with E-state index in [-0.39, 0.29) is 5.69 Å². The highest BCUT2D eigenvalue weighted by Gasteiger charge is 2.40. The molecule has 0 bridgehead atoms. The zero-order valence-electron chi connectivity index (χ0n) is 9.25. The monoisotopic (exact) mass is 266 g/mol. The van der Waals surface area contributed by atoms with Crippen LogP contribution in [0.4, 0.5) is 23.4 Å². The lowest BCUT2D eigenvalue weighted by Crippen LogP contribution is -2.41. The molecule has 100 valence electrons. The Bertz CT molecular complexity index is 410. The van der Waals surface area contributed by atoms with Crippen molar-refractivity contribution >= 4 is 11.7 Å². The highest BCUT2D eigenvalue weighted by Crippen LogP contribution is 2.21. The van der Waals surface area contributed by atoms with E-state index < -0.39 is 24.8 Å². The van der Waals surface area contributed by atoms with E-state index in [4.69, 9.17) is 0 Å². The summed E-state index contributed by atoms with van der Waals surface area (Å²) in [6.07, 6.45) is -3.84. The second-order valence-electron chi connectivity index (χ2n) is 3.30. The highest BCUT2D eigenvalue weighted by molar-refractivity contribution is 5.92. The van der Waals surface area contributed by atoms with Crippen molar-refractivity contribution in [1.29, 1.82) is 0 Å². The Morgan fingerprint density at radius 3 is 2.50 bits per heavy atom. The number of aromatic nitrogens is 2. The van der Waals surface area contributed by atoms with E-state index in [0.29, 0.717) is 5.82 Å². The fourth-order valence-electron chi connectivity index (χ4n) is 0.953. The lowest BCUT2D eigenvalue weighted by molar-refractivity contribution is -0.123. The highest BCUT2D eigenvalue weighted by atomic mass is 19.3. The van der Waals surface area contributed by atoms with E-state index in [2.05, 4.69) is 15.5 Å². The summed E-state index contributed by atoms with van der Waals surface area (Å²) in [5.41, 5.74) is -0.237. The van der Waals surface area contributed by atoms with Gasteiger partial charge < -0.3 is 10.6 Å². The van der Waals surface area contributed by atoms with Gasteiger partial charge in [-0.05, 0) is 12.1 Å². The van der Waals surface area contributed by atoms with Crippen molar-refractivity contribution in [2.45, 2.75) is 12.3 Å². The van der Waals surface area contributed by atoms with Crippen LogP contribution in [-0.2, 0) is 0 Å². The summed E-state index contributed by atoms with van der Waals surface area (Å²) in [6.45, 7) is -1.46. The molecule has 2 N–H and O–H groups in total. The van der Waals surface area contributed by atoms with Crippen LogP contribution in [0.25, 0.3) is 0 Å². The van der Waals surface area contributed by atoms with Gasteiger partial charge in [0, 0.05) is 7.05 Å². The fourth-order valence-corrected chi connectivity index (χ4v) is 0.953. The molecule has 0 saturated carbocycles. The van der Waals surface area contributed by atoms with Crippen molar-refractivity contribution in [3.8, 4) is 0 Å². The van der Waals surface area contributed by atoms with Crippen molar-refractivity contribution in [2.75, 3.05) is 18.9 Å². The van der Waals surface area contributed by atoms with Crippen LogP contribution in [0.5, 0.6) is 0 Å². The molecule has 9 heteroatoms. The molecule has 5 nitrogen and oxygen atoms in total.